The van der Waals surface area contributed by atoms with Crippen molar-refractivity contribution in [2.75, 3.05) is 6.54 Å². The molecule has 0 aromatic carbocycles. The normalized spacial score (nSPS) is 28.0. The van der Waals surface area contributed by atoms with Crippen molar-refractivity contribution in [1.82, 2.24) is 10.2 Å². The number of nitrogens with one attached hydrogen (secondary N) is 1. The zero-order valence-corrected chi connectivity index (χ0v) is 11.7. The number of carbonyl (C=O) groups is 2. The molecule has 1 aliphatic heterocycles. The van der Waals surface area contributed by atoms with Gasteiger partial charge in [0.2, 0.25) is 11.8 Å². The van der Waals surface area contributed by atoms with E-state index in [1.165, 1.54) is 0 Å². The van der Waals surface area contributed by atoms with E-state index in [0.717, 1.165) is 0 Å². The summed E-state index contributed by atoms with van der Waals surface area (Å²) in [6, 6.07) is -0.755. The Morgan fingerprint density at radius 3 is 2.29 bits per heavy atom. The molecular weight excluding hydrogens is 216 g/mol. The summed E-state index contributed by atoms with van der Waals surface area (Å²) in [4.78, 5) is 25.4. The highest BCUT2D eigenvalue weighted by molar-refractivity contribution is 5.96. The van der Waals surface area contributed by atoms with Crippen LogP contribution < -0.4 is 5.32 Å². The highest BCUT2D eigenvalue weighted by Crippen LogP contribution is 2.27. The Balaban J connectivity index is 2.80. The van der Waals surface area contributed by atoms with Crippen LogP contribution >= 0.6 is 0 Å². The van der Waals surface area contributed by atoms with Crippen molar-refractivity contribution in [2.24, 2.45) is 11.3 Å². The smallest absolute Gasteiger partial charge is 0.245 e. The second-order valence-electron chi connectivity index (χ2n) is 6.16. The fourth-order valence-electron chi connectivity index (χ4n) is 1.79. The van der Waals surface area contributed by atoms with E-state index in [4.69, 9.17) is 0 Å². The van der Waals surface area contributed by atoms with Gasteiger partial charge in [-0.05, 0) is 25.2 Å². The van der Waals surface area contributed by atoms with Gasteiger partial charge >= 0.3 is 0 Å². The van der Waals surface area contributed by atoms with E-state index in [1.54, 1.807) is 18.7 Å². The Hall–Kier alpha value is -1.06. The number of rotatable bonds is 2. The van der Waals surface area contributed by atoms with Crippen molar-refractivity contribution >= 4 is 11.8 Å². The van der Waals surface area contributed by atoms with Gasteiger partial charge in [0.15, 0.2) is 0 Å². The number of amides is 2. The molecule has 1 fully saturated rings. The molecule has 3 unspecified atom stereocenters. The van der Waals surface area contributed by atoms with Gasteiger partial charge in [0.1, 0.15) is 12.1 Å². The van der Waals surface area contributed by atoms with E-state index in [-0.39, 0.29) is 23.3 Å². The SMILES string of the molecule is CC1NC(=O)C(C)N(CC(C)C(C)(C)C)C1=O. The lowest BCUT2D eigenvalue weighted by atomic mass is 9.81. The molecule has 0 bridgehead atoms. The molecule has 1 heterocycles. The molecule has 0 aromatic rings. The molecule has 2 amide bonds. The number of hydrogen-bond donors (Lipinski definition) is 1. The first-order valence-corrected chi connectivity index (χ1v) is 6.25. The van der Waals surface area contributed by atoms with E-state index in [0.29, 0.717) is 12.5 Å². The molecule has 0 aromatic heterocycles. The molecule has 1 aliphatic rings. The number of carbonyl (C=O) groups excluding carboxylic acids is 2. The molecule has 0 radical (unpaired) electrons. The van der Waals surface area contributed by atoms with Crippen LogP contribution in [0, 0.1) is 11.3 Å². The van der Waals surface area contributed by atoms with Gasteiger partial charge in [-0.25, -0.2) is 0 Å². The molecule has 1 saturated heterocycles. The van der Waals surface area contributed by atoms with Crippen molar-refractivity contribution in [3.8, 4) is 0 Å². The van der Waals surface area contributed by atoms with Crippen LogP contribution in [0.25, 0.3) is 0 Å². The van der Waals surface area contributed by atoms with Gasteiger partial charge < -0.3 is 10.2 Å². The van der Waals surface area contributed by atoms with Crippen LogP contribution in [0.4, 0.5) is 0 Å². The summed E-state index contributed by atoms with van der Waals surface area (Å²) in [5.74, 6) is 0.318. The zero-order valence-electron chi connectivity index (χ0n) is 11.7. The first-order valence-electron chi connectivity index (χ1n) is 6.25. The second-order valence-corrected chi connectivity index (χ2v) is 6.16. The third-order valence-corrected chi connectivity index (χ3v) is 3.81. The standard InChI is InChI=1S/C13H24N2O2/c1-8(13(4,5)6)7-15-10(3)11(16)14-9(2)12(15)17/h8-10H,7H2,1-6H3,(H,14,16). The quantitative estimate of drug-likeness (QED) is 0.793. The molecule has 0 saturated carbocycles. The minimum atomic E-state index is -0.397. The van der Waals surface area contributed by atoms with E-state index in [1.807, 2.05) is 0 Å². The van der Waals surface area contributed by atoms with E-state index < -0.39 is 6.04 Å². The minimum absolute atomic E-state index is 0.0215. The van der Waals surface area contributed by atoms with Gasteiger partial charge in [-0.3, -0.25) is 9.59 Å². The van der Waals surface area contributed by atoms with E-state index >= 15 is 0 Å². The maximum atomic E-state index is 12.1. The largest absolute Gasteiger partial charge is 0.343 e. The Morgan fingerprint density at radius 1 is 1.29 bits per heavy atom. The van der Waals surface area contributed by atoms with Crippen LogP contribution in [0.2, 0.25) is 0 Å². The van der Waals surface area contributed by atoms with Gasteiger partial charge in [0, 0.05) is 6.54 Å². The van der Waals surface area contributed by atoms with Crippen molar-refractivity contribution in [1.29, 1.82) is 0 Å². The summed E-state index contributed by atoms with van der Waals surface area (Å²) in [6.07, 6.45) is 0. The number of nitrogens with zero attached hydrogens (tertiary/aromatic N) is 1. The monoisotopic (exact) mass is 240 g/mol. The molecule has 1 N–H and O–H groups in total. The van der Waals surface area contributed by atoms with E-state index in [9.17, 15) is 9.59 Å². The van der Waals surface area contributed by atoms with Crippen molar-refractivity contribution in [3.05, 3.63) is 0 Å². The molecule has 4 nitrogen and oxygen atoms in total. The lowest BCUT2D eigenvalue weighted by Gasteiger charge is -2.40. The highest BCUT2D eigenvalue weighted by atomic mass is 16.2. The van der Waals surface area contributed by atoms with E-state index in [2.05, 4.69) is 33.0 Å². The first-order chi connectivity index (χ1) is 7.64. The fourth-order valence-corrected chi connectivity index (χ4v) is 1.79. The average molecular weight is 240 g/mol. The maximum absolute atomic E-state index is 12.1. The molecular formula is C13H24N2O2. The van der Waals surface area contributed by atoms with Crippen LogP contribution in [0.3, 0.4) is 0 Å². The van der Waals surface area contributed by atoms with Crippen LogP contribution in [-0.2, 0) is 9.59 Å². The lowest BCUT2D eigenvalue weighted by Crippen LogP contribution is -2.62. The Morgan fingerprint density at radius 2 is 1.82 bits per heavy atom. The Bertz CT molecular complexity index is 320. The summed E-state index contributed by atoms with van der Waals surface area (Å²) in [7, 11) is 0. The average Bonchev–Trinajstić information content (AvgIpc) is 2.20. The zero-order chi connectivity index (χ0) is 13.4. The van der Waals surface area contributed by atoms with Crippen LogP contribution in [0.15, 0.2) is 0 Å². The fraction of sp³-hybridized carbons (Fsp3) is 0.846. The third-order valence-electron chi connectivity index (χ3n) is 3.81. The lowest BCUT2D eigenvalue weighted by molar-refractivity contribution is -0.149. The van der Waals surface area contributed by atoms with Crippen molar-refractivity contribution in [2.45, 2.75) is 53.6 Å². The van der Waals surface area contributed by atoms with Gasteiger partial charge in [0.25, 0.3) is 0 Å². The Labute approximate surface area is 104 Å². The van der Waals surface area contributed by atoms with Gasteiger partial charge in [-0.15, -0.1) is 0 Å². The molecule has 0 spiro atoms. The van der Waals surface area contributed by atoms with Gasteiger partial charge in [0.05, 0.1) is 0 Å². The van der Waals surface area contributed by atoms with Crippen molar-refractivity contribution in [3.63, 3.8) is 0 Å². The first kappa shape index (κ1) is 14.0. The summed E-state index contributed by atoms with van der Waals surface area (Å²) in [5.41, 5.74) is 0.136. The predicted octanol–water partition coefficient (Wildman–Crippen LogP) is 1.40. The van der Waals surface area contributed by atoms with Crippen LogP contribution in [0.5, 0.6) is 0 Å². The molecule has 0 aliphatic carbocycles. The number of piperazine rings is 1. The molecule has 3 atom stereocenters. The summed E-state index contributed by atoms with van der Waals surface area (Å²) in [6.45, 7) is 12.7. The summed E-state index contributed by atoms with van der Waals surface area (Å²) >= 11 is 0. The third kappa shape index (κ3) is 2.99. The van der Waals surface area contributed by atoms with Gasteiger partial charge in [-0.2, -0.15) is 0 Å². The topological polar surface area (TPSA) is 49.4 Å². The molecule has 98 valence electrons. The van der Waals surface area contributed by atoms with Crippen LogP contribution in [0.1, 0.15) is 41.5 Å². The van der Waals surface area contributed by atoms with Gasteiger partial charge in [-0.1, -0.05) is 27.7 Å². The minimum Gasteiger partial charge on any atom is -0.343 e. The predicted molar refractivity (Wildman–Crippen MR) is 67.4 cm³/mol. The molecule has 4 heteroatoms. The second kappa shape index (κ2) is 4.67. The summed E-state index contributed by atoms with van der Waals surface area (Å²) in [5, 5.41) is 2.69. The summed E-state index contributed by atoms with van der Waals surface area (Å²) < 4.78 is 0. The maximum Gasteiger partial charge on any atom is 0.245 e. The molecule has 17 heavy (non-hydrogen) atoms. The van der Waals surface area contributed by atoms with Crippen LogP contribution in [-0.4, -0.2) is 35.3 Å². The Kier molecular flexibility index (Phi) is 3.84. The van der Waals surface area contributed by atoms with Crippen molar-refractivity contribution < 1.29 is 9.59 Å². The highest BCUT2D eigenvalue weighted by Gasteiger charge is 2.37. The molecule has 1 rings (SSSR count). The number of hydrogen-bond acceptors (Lipinski definition) is 2.